The van der Waals surface area contributed by atoms with Crippen LogP contribution in [0.4, 0.5) is 14.6 Å². The molecule has 4 heterocycles. The number of carbonyl (C=O) groups excluding carboxylic acids is 2. The molecule has 45 heavy (non-hydrogen) atoms. The molecule has 0 unspecified atom stereocenters. The first-order valence-corrected chi connectivity index (χ1v) is 16.0. The summed E-state index contributed by atoms with van der Waals surface area (Å²) in [6.45, 7) is 2.40. The number of aromatic nitrogens is 1. The Morgan fingerprint density at radius 2 is 1.42 bits per heavy atom. The first-order valence-electron chi connectivity index (χ1n) is 16.0. The zero-order valence-electron chi connectivity index (χ0n) is 25.9. The van der Waals surface area contributed by atoms with Crippen LogP contribution in [0.5, 0.6) is 0 Å². The molecule has 2 amide bonds. The van der Waals surface area contributed by atoms with Gasteiger partial charge in [0.05, 0.1) is 16.9 Å². The van der Waals surface area contributed by atoms with Gasteiger partial charge in [0.25, 0.3) is 0 Å². The Balaban J connectivity index is 1.25. The van der Waals surface area contributed by atoms with Crippen LogP contribution in [0.1, 0.15) is 61.3 Å². The fourth-order valence-corrected chi connectivity index (χ4v) is 7.42. The molecule has 0 radical (unpaired) electrons. The summed E-state index contributed by atoms with van der Waals surface area (Å²) in [6, 6.07) is 16.9. The van der Waals surface area contributed by atoms with Gasteiger partial charge in [-0.3, -0.25) is 14.5 Å². The molecule has 1 atom stereocenters. The normalized spacial score (nSPS) is 21.0. The summed E-state index contributed by atoms with van der Waals surface area (Å²) in [6.07, 6.45) is 5.99. The molecule has 0 aliphatic carbocycles. The molecule has 9 heteroatoms. The molecule has 6 rings (SSSR count). The Hall–Kier alpha value is -3.69. The molecule has 3 aliphatic rings. The van der Waals surface area contributed by atoms with Gasteiger partial charge in [-0.15, -0.1) is 0 Å². The van der Waals surface area contributed by atoms with E-state index in [-0.39, 0.29) is 35.9 Å². The van der Waals surface area contributed by atoms with Gasteiger partial charge in [0.1, 0.15) is 17.5 Å². The van der Waals surface area contributed by atoms with Gasteiger partial charge in [-0.25, -0.2) is 13.8 Å². The van der Waals surface area contributed by atoms with Crippen LogP contribution in [-0.2, 0) is 31.9 Å². The zero-order valence-corrected chi connectivity index (χ0v) is 25.9. The van der Waals surface area contributed by atoms with Crippen molar-refractivity contribution in [1.82, 2.24) is 9.88 Å². The molecule has 1 aromatic heterocycles. The number of anilines is 1. The van der Waals surface area contributed by atoms with Crippen LogP contribution < -0.4 is 4.90 Å². The lowest BCUT2D eigenvalue weighted by Gasteiger charge is -2.41. The number of ether oxygens (including phenoxy) is 2. The average molecular weight is 618 g/mol. The maximum absolute atomic E-state index is 14.8. The number of rotatable bonds is 8. The maximum atomic E-state index is 14.8. The van der Waals surface area contributed by atoms with Crippen LogP contribution in [0.15, 0.2) is 66.9 Å². The van der Waals surface area contributed by atoms with Crippen LogP contribution in [0.3, 0.4) is 0 Å². The highest BCUT2D eigenvalue weighted by molar-refractivity contribution is 5.96. The first kappa shape index (κ1) is 31.3. The molecule has 0 spiro atoms. The van der Waals surface area contributed by atoms with Gasteiger partial charge < -0.3 is 14.4 Å². The number of pyridine rings is 1. The molecule has 238 valence electrons. The molecule has 3 aromatic rings. The Bertz CT molecular complexity index is 1520. The van der Waals surface area contributed by atoms with Crippen molar-refractivity contribution >= 4 is 17.6 Å². The second-order valence-electron chi connectivity index (χ2n) is 12.8. The van der Waals surface area contributed by atoms with Crippen LogP contribution in [0.2, 0.25) is 0 Å². The van der Waals surface area contributed by atoms with Gasteiger partial charge in [0.15, 0.2) is 0 Å². The number of nitrogens with zero attached hydrogens (tertiary/aromatic N) is 3. The van der Waals surface area contributed by atoms with E-state index >= 15 is 0 Å². The third-order valence-electron chi connectivity index (χ3n) is 10.1. The molecule has 0 N–H and O–H groups in total. The van der Waals surface area contributed by atoms with Crippen molar-refractivity contribution in [3.8, 4) is 0 Å². The lowest BCUT2D eigenvalue weighted by molar-refractivity contribution is -0.149. The molecule has 3 aliphatic heterocycles. The number of amides is 2. The Kier molecular flexibility index (Phi) is 9.28. The lowest BCUT2D eigenvalue weighted by atomic mass is 9.73. The minimum Gasteiger partial charge on any atom is -0.381 e. The predicted octanol–water partition coefficient (Wildman–Crippen LogP) is 6.07. The standard InChI is InChI=1S/C36H41F2N3O4/c1-40(33(42)35(13-19-44-20-14-35)24-27-7-2-4-9-29(27)37)32-23-26(12-17-39-32)31-11-6-18-41(31)34(43)36(15-21-45-22-16-36)25-28-8-3-5-10-30(28)38/h2-5,7-10,12,17,23,31H,6,11,13-16,18-22,24-25H2,1H3/t31-/m1/s1. The molecular weight excluding hydrogens is 576 g/mol. The van der Waals surface area contributed by atoms with Gasteiger partial charge in [0.2, 0.25) is 11.8 Å². The number of likely N-dealkylation sites (tertiary alicyclic amines) is 1. The van der Waals surface area contributed by atoms with E-state index in [4.69, 9.17) is 9.47 Å². The zero-order chi connectivity index (χ0) is 31.4. The molecule has 2 aromatic carbocycles. The van der Waals surface area contributed by atoms with Gasteiger partial charge in [-0.1, -0.05) is 36.4 Å². The summed E-state index contributed by atoms with van der Waals surface area (Å²) >= 11 is 0. The Morgan fingerprint density at radius 1 is 0.867 bits per heavy atom. The highest BCUT2D eigenvalue weighted by Crippen LogP contribution is 2.43. The fraction of sp³-hybridized carbons (Fsp3) is 0.472. The van der Waals surface area contributed by atoms with Gasteiger partial charge in [-0.05, 0) is 92.3 Å². The second-order valence-corrected chi connectivity index (χ2v) is 12.8. The molecule has 7 nitrogen and oxygen atoms in total. The van der Waals surface area contributed by atoms with Crippen molar-refractivity contribution in [2.24, 2.45) is 10.8 Å². The van der Waals surface area contributed by atoms with Gasteiger partial charge >= 0.3 is 0 Å². The molecule has 0 saturated carbocycles. The smallest absolute Gasteiger partial charge is 0.234 e. The van der Waals surface area contributed by atoms with Crippen molar-refractivity contribution in [3.05, 3.63) is 95.2 Å². The van der Waals surface area contributed by atoms with Crippen molar-refractivity contribution in [2.75, 3.05) is 44.9 Å². The van der Waals surface area contributed by atoms with E-state index < -0.39 is 10.8 Å². The number of hydrogen-bond acceptors (Lipinski definition) is 5. The highest BCUT2D eigenvalue weighted by atomic mass is 19.1. The summed E-state index contributed by atoms with van der Waals surface area (Å²) in [4.78, 5) is 36.7. The Morgan fingerprint density at radius 3 is 2.02 bits per heavy atom. The SMILES string of the molecule is CN(C(=O)C1(Cc2ccccc2F)CCOCC1)c1cc([C@H]2CCCN2C(=O)C2(Cc3ccccc3F)CCOCC2)ccn1. The van der Waals surface area contributed by atoms with Crippen molar-refractivity contribution in [3.63, 3.8) is 0 Å². The highest BCUT2D eigenvalue weighted by Gasteiger charge is 2.46. The van der Waals surface area contributed by atoms with E-state index in [1.165, 1.54) is 12.1 Å². The predicted molar refractivity (Wildman–Crippen MR) is 167 cm³/mol. The minimum atomic E-state index is -0.815. The molecule has 0 bridgehead atoms. The Labute approximate surface area is 263 Å². The quantitative estimate of drug-likeness (QED) is 0.307. The number of halogens is 2. The largest absolute Gasteiger partial charge is 0.381 e. The third-order valence-corrected chi connectivity index (χ3v) is 10.1. The number of carbonyl (C=O) groups is 2. The summed E-state index contributed by atoms with van der Waals surface area (Å²) < 4.78 is 40.7. The molecule has 3 saturated heterocycles. The van der Waals surface area contributed by atoms with E-state index in [9.17, 15) is 18.4 Å². The number of hydrogen-bond donors (Lipinski definition) is 0. The van der Waals surface area contributed by atoms with Gasteiger partial charge in [0, 0.05) is 46.2 Å². The summed E-state index contributed by atoms with van der Waals surface area (Å²) in [5.74, 6) is -0.210. The average Bonchev–Trinajstić information content (AvgIpc) is 3.57. The second kappa shape index (κ2) is 13.3. The fourth-order valence-electron chi connectivity index (χ4n) is 7.42. The summed E-state index contributed by atoms with van der Waals surface area (Å²) in [5.41, 5.74) is 0.416. The summed E-state index contributed by atoms with van der Waals surface area (Å²) in [7, 11) is 1.72. The van der Waals surface area contributed by atoms with Crippen LogP contribution >= 0.6 is 0 Å². The minimum absolute atomic E-state index is 0.0328. The van der Waals surface area contributed by atoms with E-state index in [0.29, 0.717) is 82.0 Å². The van der Waals surface area contributed by atoms with E-state index in [0.717, 1.165) is 18.4 Å². The van der Waals surface area contributed by atoms with Crippen LogP contribution in [0, 0.1) is 22.5 Å². The maximum Gasteiger partial charge on any atom is 0.234 e. The first-order chi connectivity index (χ1) is 21.8. The van der Waals surface area contributed by atoms with Gasteiger partial charge in [-0.2, -0.15) is 0 Å². The lowest BCUT2D eigenvalue weighted by Crippen LogP contribution is -2.48. The van der Waals surface area contributed by atoms with E-state index in [1.807, 2.05) is 23.1 Å². The van der Waals surface area contributed by atoms with Crippen LogP contribution in [0.25, 0.3) is 0 Å². The molecule has 3 fully saturated rings. The van der Waals surface area contributed by atoms with E-state index in [2.05, 4.69) is 4.98 Å². The topological polar surface area (TPSA) is 72.0 Å². The van der Waals surface area contributed by atoms with E-state index in [1.54, 1.807) is 48.5 Å². The van der Waals surface area contributed by atoms with Crippen molar-refractivity contribution < 1.29 is 27.8 Å². The van der Waals surface area contributed by atoms with Crippen LogP contribution in [-0.4, -0.2) is 61.7 Å². The summed E-state index contributed by atoms with van der Waals surface area (Å²) in [5, 5.41) is 0. The van der Waals surface area contributed by atoms with Crippen molar-refractivity contribution in [1.29, 1.82) is 0 Å². The third kappa shape index (κ3) is 6.38. The monoisotopic (exact) mass is 617 g/mol. The molecular formula is C36H41F2N3O4. The number of benzene rings is 2. The van der Waals surface area contributed by atoms with Crippen molar-refractivity contribution in [2.45, 2.75) is 57.4 Å².